The van der Waals surface area contributed by atoms with Crippen molar-refractivity contribution >= 4 is 23.2 Å². The van der Waals surface area contributed by atoms with Gasteiger partial charge in [0.05, 0.1) is 6.54 Å². The summed E-state index contributed by atoms with van der Waals surface area (Å²) in [6, 6.07) is 7.56. The summed E-state index contributed by atoms with van der Waals surface area (Å²) in [7, 11) is 1.48. The van der Waals surface area contributed by atoms with Crippen LogP contribution >= 0.6 is 0 Å². The van der Waals surface area contributed by atoms with E-state index in [1.165, 1.54) is 26.4 Å². The van der Waals surface area contributed by atoms with E-state index in [-0.39, 0.29) is 31.0 Å². The van der Waals surface area contributed by atoms with E-state index in [1.54, 1.807) is 12.1 Å². The van der Waals surface area contributed by atoms with Gasteiger partial charge in [-0.25, -0.2) is 0 Å². The lowest BCUT2D eigenvalue weighted by atomic mass is 9.86. The van der Waals surface area contributed by atoms with Crippen LogP contribution in [0.2, 0.25) is 0 Å². The molecular formula is C18H27N3O3. The summed E-state index contributed by atoms with van der Waals surface area (Å²) in [5.41, 5.74) is 1.46. The van der Waals surface area contributed by atoms with Crippen molar-refractivity contribution in [2.75, 3.05) is 30.9 Å². The Bertz CT molecular complexity index is 562. The third-order valence-electron chi connectivity index (χ3n) is 4.33. The number of nitrogens with one attached hydrogen (secondary N) is 3. The zero-order valence-electron chi connectivity index (χ0n) is 14.4. The van der Waals surface area contributed by atoms with Gasteiger partial charge in [0, 0.05) is 24.5 Å². The van der Waals surface area contributed by atoms with Crippen molar-refractivity contribution < 1.29 is 14.3 Å². The lowest BCUT2D eigenvalue weighted by molar-refractivity contribution is -0.121. The number of methoxy groups -OCH3 is 1. The molecule has 24 heavy (non-hydrogen) atoms. The average Bonchev–Trinajstić information content (AvgIpc) is 2.56. The number of carbonyl (C=O) groups is 2. The van der Waals surface area contributed by atoms with E-state index in [2.05, 4.69) is 22.9 Å². The van der Waals surface area contributed by atoms with Crippen LogP contribution in [-0.4, -0.2) is 38.1 Å². The van der Waals surface area contributed by atoms with Crippen LogP contribution in [0.4, 0.5) is 11.4 Å². The second kappa shape index (κ2) is 9.27. The Balaban J connectivity index is 1.80. The smallest absolute Gasteiger partial charge is 0.250 e. The molecule has 0 aromatic heterocycles. The molecule has 2 atom stereocenters. The van der Waals surface area contributed by atoms with Gasteiger partial charge in [0.25, 0.3) is 0 Å². The molecule has 1 aromatic carbocycles. The third-order valence-corrected chi connectivity index (χ3v) is 4.33. The topological polar surface area (TPSA) is 79.5 Å². The molecule has 0 bridgehead atoms. The number of amides is 2. The fraction of sp³-hybridized carbons (Fsp3) is 0.556. The number of rotatable bonds is 7. The third kappa shape index (κ3) is 5.85. The molecule has 2 unspecified atom stereocenters. The average molecular weight is 333 g/mol. The standard InChI is InChI=1S/C18H27N3O3/c1-13-6-3-4-9-16(13)21-17(22)11-19-14-7-5-8-15(10-14)20-18(23)12-24-2/h5,7-8,10,13,16,19H,3-4,6,9,11-12H2,1-2H3,(H,20,23)(H,21,22). The van der Waals surface area contributed by atoms with Crippen LogP contribution in [0.1, 0.15) is 32.6 Å². The van der Waals surface area contributed by atoms with Gasteiger partial charge in [0.15, 0.2) is 0 Å². The highest BCUT2D eigenvalue weighted by Crippen LogP contribution is 2.23. The van der Waals surface area contributed by atoms with Crippen molar-refractivity contribution in [1.82, 2.24) is 5.32 Å². The molecule has 1 aromatic rings. The maximum atomic E-state index is 12.1. The molecule has 1 saturated carbocycles. The number of hydrogen-bond acceptors (Lipinski definition) is 4. The van der Waals surface area contributed by atoms with Crippen LogP contribution < -0.4 is 16.0 Å². The molecule has 0 saturated heterocycles. The minimum Gasteiger partial charge on any atom is -0.376 e. The lowest BCUT2D eigenvalue weighted by Gasteiger charge is -2.29. The highest BCUT2D eigenvalue weighted by Gasteiger charge is 2.22. The molecule has 0 spiro atoms. The van der Waals surface area contributed by atoms with Crippen LogP contribution in [0.25, 0.3) is 0 Å². The highest BCUT2D eigenvalue weighted by atomic mass is 16.5. The molecular weight excluding hydrogens is 306 g/mol. The second-order valence-corrected chi connectivity index (χ2v) is 6.35. The number of hydrogen-bond donors (Lipinski definition) is 3. The van der Waals surface area contributed by atoms with Gasteiger partial charge in [0.2, 0.25) is 11.8 Å². The van der Waals surface area contributed by atoms with Gasteiger partial charge < -0.3 is 20.7 Å². The summed E-state index contributed by atoms with van der Waals surface area (Å²) in [4.78, 5) is 23.6. The van der Waals surface area contributed by atoms with E-state index in [9.17, 15) is 9.59 Å². The molecule has 6 nitrogen and oxygen atoms in total. The number of benzene rings is 1. The minimum atomic E-state index is -0.210. The number of ether oxygens (including phenoxy) is 1. The monoisotopic (exact) mass is 333 g/mol. The Kier molecular flexibility index (Phi) is 7.06. The Labute approximate surface area is 143 Å². The lowest BCUT2D eigenvalue weighted by Crippen LogP contribution is -2.43. The van der Waals surface area contributed by atoms with Crippen molar-refractivity contribution in [2.24, 2.45) is 5.92 Å². The predicted octanol–water partition coefficient (Wildman–Crippen LogP) is 2.38. The summed E-state index contributed by atoms with van der Waals surface area (Å²) >= 11 is 0. The molecule has 0 aliphatic heterocycles. The molecule has 1 aliphatic rings. The van der Waals surface area contributed by atoms with Crippen molar-refractivity contribution in [2.45, 2.75) is 38.6 Å². The van der Waals surface area contributed by atoms with Crippen LogP contribution in [0.3, 0.4) is 0 Å². The number of carbonyl (C=O) groups excluding carboxylic acids is 2. The van der Waals surface area contributed by atoms with E-state index in [0.717, 1.165) is 12.1 Å². The van der Waals surface area contributed by atoms with Crippen LogP contribution in [0.5, 0.6) is 0 Å². The van der Waals surface area contributed by atoms with E-state index in [1.807, 2.05) is 12.1 Å². The Morgan fingerprint density at radius 1 is 1.17 bits per heavy atom. The summed E-state index contributed by atoms with van der Waals surface area (Å²) in [6.45, 7) is 2.43. The Hall–Kier alpha value is -2.08. The zero-order valence-corrected chi connectivity index (χ0v) is 14.4. The highest BCUT2D eigenvalue weighted by molar-refractivity contribution is 5.92. The Morgan fingerprint density at radius 2 is 1.92 bits per heavy atom. The summed E-state index contributed by atoms with van der Waals surface area (Å²) < 4.78 is 4.79. The SMILES string of the molecule is COCC(=O)Nc1cccc(NCC(=O)NC2CCCCC2C)c1. The molecule has 2 amide bonds. The second-order valence-electron chi connectivity index (χ2n) is 6.35. The summed E-state index contributed by atoms with van der Waals surface area (Å²) in [5.74, 6) is 0.336. The van der Waals surface area contributed by atoms with Gasteiger partial charge in [-0.05, 0) is 37.0 Å². The predicted molar refractivity (Wildman–Crippen MR) is 95.0 cm³/mol. The van der Waals surface area contributed by atoms with Gasteiger partial charge in [-0.2, -0.15) is 0 Å². The van der Waals surface area contributed by atoms with Crippen LogP contribution in [0, 0.1) is 5.92 Å². The van der Waals surface area contributed by atoms with Gasteiger partial charge >= 0.3 is 0 Å². The fourth-order valence-electron chi connectivity index (χ4n) is 3.01. The van der Waals surface area contributed by atoms with Crippen molar-refractivity contribution in [3.05, 3.63) is 24.3 Å². The van der Waals surface area contributed by atoms with E-state index in [4.69, 9.17) is 4.74 Å². The first kappa shape index (κ1) is 18.3. The maximum absolute atomic E-state index is 12.1. The molecule has 6 heteroatoms. The molecule has 0 radical (unpaired) electrons. The fourth-order valence-corrected chi connectivity index (χ4v) is 3.01. The molecule has 132 valence electrons. The molecule has 1 fully saturated rings. The molecule has 1 aliphatic carbocycles. The van der Waals surface area contributed by atoms with Crippen LogP contribution in [-0.2, 0) is 14.3 Å². The van der Waals surface area contributed by atoms with E-state index < -0.39 is 0 Å². The van der Waals surface area contributed by atoms with Gasteiger partial charge in [-0.15, -0.1) is 0 Å². The molecule has 2 rings (SSSR count). The van der Waals surface area contributed by atoms with E-state index in [0.29, 0.717) is 11.6 Å². The first-order valence-corrected chi connectivity index (χ1v) is 8.50. The van der Waals surface area contributed by atoms with Gasteiger partial charge in [-0.3, -0.25) is 9.59 Å². The quantitative estimate of drug-likeness (QED) is 0.716. The van der Waals surface area contributed by atoms with Crippen molar-refractivity contribution in [1.29, 1.82) is 0 Å². The first-order chi connectivity index (χ1) is 11.6. The molecule has 3 N–H and O–H groups in total. The van der Waals surface area contributed by atoms with Crippen LogP contribution in [0.15, 0.2) is 24.3 Å². The minimum absolute atomic E-state index is 0.00238. The molecule has 0 heterocycles. The van der Waals surface area contributed by atoms with Crippen molar-refractivity contribution in [3.8, 4) is 0 Å². The van der Waals surface area contributed by atoms with Gasteiger partial charge in [-0.1, -0.05) is 25.8 Å². The normalized spacial score (nSPS) is 20.2. The number of anilines is 2. The van der Waals surface area contributed by atoms with E-state index >= 15 is 0 Å². The first-order valence-electron chi connectivity index (χ1n) is 8.50. The largest absolute Gasteiger partial charge is 0.376 e. The van der Waals surface area contributed by atoms with Crippen molar-refractivity contribution in [3.63, 3.8) is 0 Å². The summed E-state index contributed by atoms with van der Waals surface area (Å²) in [6.07, 6.45) is 4.69. The summed E-state index contributed by atoms with van der Waals surface area (Å²) in [5, 5.41) is 8.95. The van der Waals surface area contributed by atoms with Gasteiger partial charge in [0.1, 0.15) is 6.61 Å². The Morgan fingerprint density at radius 3 is 2.67 bits per heavy atom. The zero-order chi connectivity index (χ0) is 17.4. The maximum Gasteiger partial charge on any atom is 0.250 e.